The van der Waals surface area contributed by atoms with Crippen LogP contribution in [0.1, 0.15) is 12.5 Å². The van der Waals surface area contributed by atoms with Crippen LogP contribution in [-0.2, 0) is 11.2 Å². The van der Waals surface area contributed by atoms with E-state index < -0.39 is 0 Å². The van der Waals surface area contributed by atoms with Crippen LogP contribution in [0.3, 0.4) is 0 Å². The predicted octanol–water partition coefficient (Wildman–Crippen LogP) is 1.64. The maximum atomic E-state index is 10.9. The summed E-state index contributed by atoms with van der Waals surface area (Å²) < 4.78 is 0. The number of amides is 1. The second-order valence-electron chi connectivity index (χ2n) is 3.70. The summed E-state index contributed by atoms with van der Waals surface area (Å²) in [6.07, 6.45) is 1.10. The van der Waals surface area contributed by atoms with Gasteiger partial charge in [-0.3, -0.25) is 4.79 Å². The Morgan fingerprint density at radius 1 is 1.50 bits per heavy atom. The Hall–Kier alpha value is -1.51. The van der Waals surface area contributed by atoms with Crippen LogP contribution in [0.4, 0.5) is 11.4 Å². The number of nitrogens with one attached hydrogen (secondary N) is 1. The molecule has 1 heterocycles. The molecule has 1 aromatic rings. The molecular formula is C11H14N2O. The third-order valence-electron chi connectivity index (χ3n) is 2.53. The van der Waals surface area contributed by atoms with Crippen molar-refractivity contribution in [2.75, 3.05) is 23.8 Å². The van der Waals surface area contributed by atoms with Crippen molar-refractivity contribution < 1.29 is 4.79 Å². The van der Waals surface area contributed by atoms with Gasteiger partial charge in [0, 0.05) is 31.9 Å². The Morgan fingerprint density at radius 2 is 2.29 bits per heavy atom. The molecule has 0 atom stereocenters. The van der Waals surface area contributed by atoms with Crippen LogP contribution < -0.4 is 10.2 Å². The average Bonchev–Trinajstić information content (AvgIpc) is 2.47. The van der Waals surface area contributed by atoms with Crippen LogP contribution in [-0.4, -0.2) is 19.5 Å². The van der Waals surface area contributed by atoms with Gasteiger partial charge < -0.3 is 10.2 Å². The van der Waals surface area contributed by atoms with Crippen molar-refractivity contribution >= 4 is 17.3 Å². The van der Waals surface area contributed by atoms with Gasteiger partial charge in [-0.05, 0) is 24.1 Å². The SMILES string of the molecule is CC(=O)Nc1ccc2c(c1)N(C)CC2. The fourth-order valence-corrected chi connectivity index (χ4v) is 1.82. The van der Waals surface area contributed by atoms with E-state index in [1.54, 1.807) is 0 Å². The molecule has 0 radical (unpaired) electrons. The molecule has 0 saturated heterocycles. The Bertz CT molecular complexity index is 374. The number of fused-ring (bicyclic) bond motifs is 1. The van der Waals surface area contributed by atoms with Crippen LogP contribution in [0.2, 0.25) is 0 Å². The molecule has 1 N–H and O–H groups in total. The fourth-order valence-electron chi connectivity index (χ4n) is 1.82. The topological polar surface area (TPSA) is 32.3 Å². The molecule has 0 fully saturated rings. The minimum atomic E-state index is -0.0226. The van der Waals surface area contributed by atoms with Gasteiger partial charge >= 0.3 is 0 Å². The molecule has 0 aliphatic carbocycles. The molecule has 0 spiro atoms. The molecule has 1 aliphatic rings. The van der Waals surface area contributed by atoms with Crippen molar-refractivity contribution in [2.45, 2.75) is 13.3 Å². The molecule has 0 bridgehead atoms. The van der Waals surface area contributed by atoms with E-state index in [9.17, 15) is 4.79 Å². The maximum Gasteiger partial charge on any atom is 0.221 e. The number of nitrogens with zero attached hydrogens (tertiary/aromatic N) is 1. The quantitative estimate of drug-likeness (QED) is 0.730. The highest BCUT2D eigenvalue weighted by atomic mass is 16.1. The highest BCUT2D eigenvalue weighted by Crippen LogP contribution is 2.29. The zero-order valence-corrected chi connectivity index (χ0v) is 8.50. The second-order valence-corrected chi connectivity index (χ2v) is 3.70. The number of benzene rings is 1. The van der Waals surface area contributed by atoms with Crippen molar-refractivity contribution in [3.05, 3.63) is 23.8 Å². The van der Waals surface area contributed by atoms with Crippen molar-refractivity contribution in [2.24, 2.45) is 0 Å². The van der Waals surface area contributed by atoms with E-state index >= 15 is 0 Å². The normalized spacial score (nSPS) is 14.0. The molecule has 0 saturated carbocycles. The molecule has 1 amide bonds. The Balaban J connectivity index is 2.30. The zero-order chi connectivity index (χ0) is 10.1. The van der Waals surface area contributed by atoms with Crippen molar-refractivity contribution in [3.8, 4) is 0 Å². The van der Waals surface area contributed by atoms with Crippen LogP contribution in [0, 0.1) is 0 Å². The van der Waals surface area contributed by atoms with E-state index in [1.165, 1.54) is 18.2 Å². The number of hydrogen-bond acceptors (Lipinski definition) is 2. The second kappa shape index (κ2) is 3.33. The van der Waals surface area contributed by atoms with Gasteiger partial charge in [-0.15, -0.1) is 0 Å². The zero-order valence-electron chi connectivity index (χ0n) is 8.50. The van der Waals surface area contributed by atoms with Gasteiger partial charge in [-0.2, -0.15) is 0 Å². The summed E-state index contributed by atoms with van der Waals surface area (Å²) in [4.78, 5) is 13.1. The van der Waals surface area contributed by atoms with Gasteiger partial charge in [0.2, 0.25) is 5.91 Å². The van der Waals surface area contributed by atoms with Gasteiger partial charge in [0.1, 0.15) is 0 Å². The van der Waals surface area contributed by atoms with E-state index in [1.807, 2.05) is 12.1 Å². The summed E-state index contributed by atoms with van der Waals surface area (Å²) in [6.45, 7) is 2.59. The summed E-state index contributed by atoms with van der Waals surface area (Å²) >= 11 is 0. The lowest BCUT2D eigenvalue weighted by Crippen LogP contribution is -2.13. The molecule has 74 valence electrons. The van der Waals surface area contributed by atoms with Crippen molar-refractivity contribution in [1.29, 1.82) is 0 Å². The minimum Gasteiger partial charge on any atom is -0.374 e. The Morgan fingerprint density at radius 3 is 3.00 bits per heavy atom. The summed E-state index contributed by atoms with van der Waals surface area (Å²) in [5.41, 5.74) is 3.47. The fraction of sp³-hybridized carbons (Fsp3) is 0.364. The predicted molar refractivity (Wildman–Crippen MR) is 57.7 cm³/mol. The van der Waals surface area contributed by atoms with Gasteiger partial charge in [0.05, 0.1) is 0 Å². The molecule has 14 heavy (non-hydrogen) atoms. The standard InChI is InChI=1S/C11H14N2O/c1-8(14)12-10-4-3-9-5-6-13(2)11(9)7-10/h3-4,7H,5-6H2,1-2H3,(H,12,14). The van der Waals surface area contributed by atoms with E-state index in [0.717, 1.165) is 18.7 Å². The molecular weight excluding hydrogens is 176 g/mol. The number of rotatable bonds is 1. The van der Waals surface area contributed by atoms with Gasteiger partial charge in [-0.25, -0.2) is 0 Å². The molecule has 1 aromatic carbocycles. The van der Waals surface area contributed by atoms with Crippen molar-refractivity contribution in [3.63, 3.8) is 0 Å². The van der Waals surface area contributed by atoms with Gasteiger partial charge in [0.15, 0.2) is 0 Å². The van der Waals surface area contributed by atoms with E-state index in [2.05, 4.69) is 23.3 Å². The van der Waals surface area contributed by atoms with E-state index in [4.69, 9.17) is 0 Å². The third kappa shape index (κ3) is 1.58. The number of carbonyl (C=O) groups excluding carboxylic acids is 1. The first-order valence-electron chi connectivity index (χ1n) is 4.78. The van der Waals surface area contributed by atoms with Crippen LogP contribution >= 0.6 is 0 Å². The molecule has 0 aromatic heterocycles. The highest BCUT2D eigenvalue weighted by Gasteiger charge is 2.15. The summed E-state index contributed by atoms with van der Waals surface area (Å²) in [6, 6.07) is 6.08. The van der Waals surface area contributed by atoms with Crippen molar-refractivity contribution in [1.82, 2.24) is 0 Å². The molecule has 3 nitrogen and oxygen atoms in total. The van der Waals surface area contributed by atoms with Crippen LogP contribution in [0.15, 0.2) is 18.2 Å². The monoisotopic (exact) mass is 190 g/mol. The van der Waals surface area contributed by atoms with Gasteiger partial charge in [0.25, 0.3) is 0 Å². The molecule has 3 heteroatoms. The smallest absolute Gasteiger partial charge is 0.221 e. The van der Waals surface area contributed by atoms with Gasteiger partial charge in [-0.1, -0.05) is 6.07 Å². The summed E-state index contributed by atoms with van der Waals surface area (Å²) in [5, 5.41) is 2.79. The minimum absolute atomic E-state index is 0.0226. The average molecular weight is 190 g/mol. The Kier molecular flexibility index (Phi) is 2.15. The molecule has 2 rings (SSSR count). The first-order valence-corrected chi connectivity index (χ1v) is 4.78. The lowest BCUT2D eigenvalue weighted by Gasteiger charge is -2.13. The van der Waals surface area contributed by atoms with Crippen LogP contribution in [0.25, 0.3) is 0 Å². The number of likely N-dealkylation sites (N-methyl/N-ethyl adjacent to an activating group) is 1. The largest absolute Gasteiger partial charge is 0.374 e. The number of hydrogen-bond donors (Lipinski definition) is 1. The number of carbonyl (C=O) groups is 1. The number of anilines is 2. The molecule has 0 unspecified atom stereocenters. The third-order valence-corrected chi connectivity index (χ3v) is 2.53. The Labute approximate surface area is 83.7 Å². The van der Waals surface area contributed by atoms with E-state index in [-0.39, 0.29) is 5.91 Å². The first-order chi connectivity index (χ1) is 6.66. The lowest BCUT2D eigenvalue weighted by atomic mass is 10.1. The summed E-state index contributed by atoms with van der Waals surface area (Å²) in [7, 11) is 2.07. The molecule has 1 aliphatic heterocycles. The highest BCUT2D eigenvalue weighted by molar-refractivity contribution is 5.89. The lowest BCUT2D eigenvalue weighted by molar-refractivity contribution is -0.114. The van der Waals surface area contributed by atoms with Crippen LogP contribution in [0.5, 0.6) is 0 Å². The van der Waals surface area contributed by atoms with E-state index in [0.29, 0.717) is 0 Å². The first kappa shape index (κ1) is 9.06. The summed E-state index contributed by atoms with van der Waals surface area (Å²) in [5.74, 6) is -0.0226. The maximum absolute atomic E-state index is 10.9.